The molecule has 0 bridgehead atoms. The fraction of sp³-hybridized carbons (Fsp3) is 0.333. The quantitative estimate of drug-likeness (QED) is 0.797. The summed E-state index contributed by atoms with van der Waals surface area (Å²) in [6.07, 6.45) is 1.23. The van der Waals surface area contributed by atoms with Crippen LogP contribution in [0.5, 0.6) is 0 Å². The highest BCUT2D eigenvalue weighted by Crippen LogP contribution is 2.46. The largest absolute Gasteiger partial charge is 0.351 e. The molecule has 0 saturated heterocycles. The van der Waals surface area contributed by atoms with E-state index >= 15 is 0 Å². The number of hydrogen-bond acceptors (Lipinski definition) is 2. The summed E-state index contributed by atoms with van der Waals surface area (Å²) < 4.78 is 0. The Balaban J connectivity index is 1.57. The minimum atomic E-state index is -0.884. The van der Waals surface area contributed by atoms with Crippen LogP contribution in [0, 0.1) is 19.3 Å². The van der Waals surface area contributed by atoms with Crippen molar-refractivity contribution in [2.75, 3.05) is 0 Å². The van der Waals surface area contributed by atoms with Gasteiger partial charge in [-0.2, -0.15) is 0 Å². The third-order valence-corrected chi connectivity index (χ3v) is 5.02. The Labute approximate surface area is 148 Å². The minimum Gasteiger partial charge on any atom is -0.351 e. The highest BCUT2D eigenvalue weighted by Gasteiger charge is 2.56. The standard InChI is InChI=1S/C21H24N2O2/c1-15-7-3-5-9-17(15)13-22-19(24)21(11-12-21)20(25)23-14-18-10-6-4-8-16(18)2/h3-10H,11-14H2,1-2H3,(H,22,24)(H,23,25). The Morgan fingerprint density at radius 1 is 0.800 bits per heavy atom. The summed E-state index contributed by atoms with van der Waals surface area (Å²) in [5.74, 6) is -0.337. The zero-order chi connectivity index (χ0) is 17.9. The average Bonchev–Trinajstić information content (AvgIpc) is 3.42. The first-order chi connectivity index (χ1) is 12.0. The van der Waals surface area contributed by atoms with Gasteiger partial charge in [-0.3, -0.25) is 9.59 Å². The lowest BCUT2D eigenvalue weighted by molar-refractivity contribution is -0.137. The van der Waals surface area contributed by atoms with E-state index in [1.54, 1.807) is 0 Å². The predicted octanol–water partition coefficient (Wildman–Crippen LogP) is 3.02. The van der Waals surface area contributed by atoms with E-state index in [1.807, 2.05) is 62.4 Å². The number of carbonyl (C=O) groups excluding carboxylic acids is 2. The molecular formula is C21H24N2O2. The topological polar surface area (TPSA) is 58.2 Å². The van der Waals surface area contributed by atoms with Gasteiger partial charge < -0.3 is 10.6 Å². The first kappa shape index (κ1) is 17.2. The Morgan fingerprint density at radius 2 is 1.20 bits per heavy atom. The molecule has 2 aromatic rings. The van der Waals surface area contributed by atoms with Crippen LogP contribution < -0.4 is 10.6 Å². The summed E-state index contributed by atoms with van der Waals surface area (Å²) in [7, 11) is 0. The van der Waals surface area contributed by atoms with Crippen LogP contribution in [0.15, 0.2) is 48.5 Å². The first-order valence-corrected chi connectivity index (χ1v) is 8.68. The van der Waals surface area contributed by atoms with Crippen LogP contribution in [0.4, 0.5) is 0 Å². The van der Waals surface area contributed by atoms with Crippen molar-refractivity contribution < 1.29 is 9.59 Å². The normalized spacial score (nSPS) is 14.6. The maximum absolute atomic E-state index is 12.6. The highest BCUT2D eigenvalue weighted by atomic mass is 16.2. The molecule has 1 aliphatic carbocycles. The summed E-state index contributed by atoms with van der Waals surface area (Å²) in [6.45, 7) is 4.95. The van der Waals surface area contributed by atoms with E-state index in [-0.39, 0.29) is 11.8 Å². The molecule has 2 aromatic carbocycles. The van der Waals surface area contributed by atoms with Gasteiger partial charge in [0.15, 0.2) is 0 Å². The number of benzene rings is 2. The molecule has 25 heavy (non-hydrogen) atoms. The van der Waals surface area contributed by atoms with Gasteiger partial charge >= 0.3 is 0 Å². The highest BCUT2D eigenvalue weighted by molar-refractivity contribution is 6.07. The van der Waals surface area contributed by atoms with Gasteiger partial charge in [0.2, 0.25) is 11.8 Å². The predicted molar refractivity (Wildman–Crippen MR) is 97.7 cm³/mol. The van der Waals surface area contributed by atoms with Crippen LogP contribution >= 0.6 is 0 Å². The maximum atomic E-state index is 12.6. The molecule has 0 aliphatic heterocycles. The van der Waals surface area contributed by atoms with Crippen LogP contribution in [0.3, 0.4) is 0 Å². The van der Waals surface area contributed by atoms with Crippen molar-refractivity contribution in [2.24, 2.45) is 5.41 Å². The lowest BCUT2D eigenvalue weighted by atomic mass is 10.0. The Bertz CT molecular complexity index is 730. The number of carbonyl (C=O) groups is 2. The van der Waals surface area contributed by atoms with E-state index in [0.717, 1.165) is 22.3 Å². The zero-order valence-electron chi connectivity index (χ0n) is 14.8. The van der Waals surface area contributed by atoms with E-state index in [9.17, 15) is 9.59 Å². The van der Waals surface area contributed by atoms with Gasteiger partial charge in [-0.1, -0.05) is 48.5 Å². The molecule has 0 heterocycles. The van der Waals surface area contributed by atoms with Gasteiger partial charge in [0.25, 0.3) is 0 Å². The molecule has 0 aromatic heterocycles. The fourth-order valence-corrected chi connectivity index (χ4v) is 2.99. The van der Waals surface area contributed by atoms with Crippen LogP contribution in [0.2, 0.25) is 0 Å². The lowest BCUT2D eigenvalue weighted by Crippen LogP contribution is -2.42. The number of hydrogen-bond donors (Lipinski definition) is 2. The Morgan fingerprint density at radius 3 is 1.56 bits per heavy atom. The zero-order valence-corrected chi connectivity index (χ0v) is 14.8. The molecule has 3 rings (SSSR count). The van der Waals surface area contributed by atoms with Gasteiger partial charge in [0, 0.05) is 13.1 Å². The van der Waals surface area contributed by atoms with Gasteiger partial charge in [0.05, 0.1) is 0 Å². The van der Waals surface area contributed by atoms with E-state index in [0.29, 0.717) is 25.9 Å². The summed E-state index contributed by atoms with van der Waals surface area (Å²) >= 11 is 0. The second kappa shape index (κ2) is 7.09. The Kier molecular flexibility index (Phi) is 4.88. The molecule has 0 radical (unpaired) electrons. The van der Waals surface area contributed by atoms with Crippen molar-refractivity contribution in [1.29, 1.82) is 0 Å². The summed E-state index contributed by atoms with van der Waals surface area (Å²) in [4.78, 5) is 25.1. The van der Waals surface area contributed by atoms with Crippen molar-refractivity contribution in [3.63, 3.8) is 0 Å². The minimum absolute atomic E-state index is 0.168. The molecule has 1 aliphatic rings. The molecule has 0 unspecified atom stereocenters. The van der Waals surface area contributed by atoms with Crippen molar-refractivity contribution >= 4 is 11.8 Å². The molecular weight excluding hydrogens is 312 g/mol. The molecule has 1 fully saturated rings. The number of aryl methyl sites for hydroxylation is 2. The molecule has 2 amide bonds. The van der Waals surface area contributed by atoms with Crippen molar-refractivity contribution in [3.05, 3.63) is 70.8 Å². The smallest absolute Gasteiger partial charge is 0.235 e. The number of rotatable bonds is 6. The van der Waals surface area contributed by atoms with Crippen molar-refractivity contribution in [3.8, 4) is 0 Å². The van der Waals surface area contributed by atoms with E-state index in [1.165, 1.54) is 0 Å². The molecule has 1 saturated carbocycles. The molecule has 0 spiro atoms. The third-order valence-electron chi connectivity index (χ3n) is 5.02. The number of nitrogens with one attached hydrogen (secondary N) is 2. The second-order valence-corrected chi connectivity index (χ2v) is 6.80. The van der Waals surface area contributed by atoms with Gasteiger partial charge in [-0.15, -0.1) is 0 Å². The monoisotopic (exact) mass is 336 g/mol. The van der Waals surface area contributed by atoms with E-state index in [4.69, 9.17) is 0 Å². The SMILES string of the molecule is Cc1ccccc1CNC(=O)C1(C(=O)NCc2ccccc2C)CC1. The summed E-state index contributed by atoms with van der Waals surface area (Å²) in [6, 6.07) is 15.9. The van der Waals surface area contributed by atoms with E-state index in [2.05, 4.69) is 10.6 Å². The van der Waals surface area contributed by atoms with Gasteiger partial charge in [-0.25, -0.2) is 0 Å². The maximum Gasteiger partial charge on any atom is 0.235 e. The van der Waals surface area contributed by atoms with Crippen LogP contribution in [-0.4, -0.2) is 11.8 Å². The Hall–Kier alpha value is -2.62. The molecule has 4 nitrogen and oxygen atoms in total. The second-order valence-electron chi connectivity index (χ2n) is 6.80. The van der Waals surface area contributed by atoms with Crippen LogP contribution in [0.1, 0.15) is 35.1 Å². The van der Waals surface area contributed by atoms with Gasteiger partial charge in [0.1, 0.15) is 5.41 Å². The van der Waals surface area contributed by atoms with Crippen molar-refractivity contribution in [1.82, 2.24) is 10.6 Å². The van der Waals surface area contributed by atoms with Gasteiger partial charge in [-0.05, 0) is 48.9 Å². The number of amides is 2. The van der Waals surface area contributed by atoms with E-state index < -0.39 is 5.41 Å². The average molecular weight is 336 g/mol. The third kappa shape index (κ3) is 3.73. The molecule has 2 N–H and O–H groups in total. The van der Waals surface area contributed by atoms with Crippen LogP contribution in [-0.2, 0) is 22.7 Å². The van der Waals surface area contributed by atoms with Crippen LogP contribution in [0.25, 0.3) is 0 Å². The van der Waals surface area contributed by atoms with Crippen molar-refractivity contribution in [2.45, 2.75) is 39.8 Å². The molecule has 4 heteroatoms. The fourth-order valence-electron chi connectivity index (χ4n) is 2.99. The molecule has 0 atom stereocenters. The summed E-state index contributed by atoms with van der Waals surface area (Å²) in [5.41, 5.74) is 3.54. The summed E-state index contributed by atoms with van der Waals surface area (Å²) in [5, 5.41) is 5.87. The molecule has 130 valence electrons. The lowest BCUT2D eigenvalue weighted by Gasteiger charge is -2.16. The first-order valence-electron chi connectivity index (χ1n) is 8.68.